The van der Waals surface area contributed by atoms with Crippen molar-refractivity contribution >= 4 is 17.5 Å². The molecule has 0 amide bonds. The Kier molecular flexibility index (Phi) is 3.88. The second kappa shape index (κ2) is 6.14. The van der Waals surface area contributed by atoms with Gasteiger partial charge in [-0.1, -0.05) is 5.16 Å². The maximum atomic E-state index is 11.9. The van der Waals surface area contributed by atoms with E-state index in [1.54, 1.807) is 54.4 Å². The van der Waals surface area contributed by atoms with Crippen LogP contribution in [0.5, 0.6) is 5.75 Å². The second-order valence-corrected chi connectivity index (χ2v) is 4.53. The van der Waals surface area contributed by atoms with Crippen LogP contribution in [-0.4, -0.2) is 33.5 Å². The van der Waals surface area contributed by atoms with Crippen LogP contribution < -0.4 is 10.5 Å². The Morgan fingerprint density at radius 3 is 2.83 bits per heavy atom. The van der Waals surface area contributed by atoms with E-state index in [4.69, 9.17) is 15.3 Å². The Balaban J connectivity index is 1.77. The number of oxime groups is 1. The van der Waals surface area contributed by atoms with Crippen LogP contribution in [0.3, 0.4) is 0 Å². The smallest absolute Gasteiger partial charge is 0.365 e. The first-order valence-corrected chi connectivity index (χ1v) is 6.66. The molecule has 0 aliphatic rings. The normalized spacial score (nSPS) is 11.4. The summed E-state index contributed by atoms with van der Waals surface area (Å²) >= 11 is 0. The topological polar surface area (TPSA) is 104 Å². The predicted octanol–water partition coefficient (Wildman–Crippen LogP) is 1.22. The predicted molar refractivity (Wildman–Crippen MR) is 82.1 cm³/mol. The molecule has 1 aromatic carbocycles. The van der Waals surface area contributed by atoms with Gasteiger partial charge in [-0.05, 0) is 30.3 Å². The average Bonchev–Trinajstić information content (AvgIpc) is 3.03. The van der Waals surface area contributed by atoms with Crippen molar-refractivity contribution in [3.8, 4) is 5.75 Å². The molecule has 3 aromatic rings. The number of ether oxygens (including phenoxy) is 1. The van der Waals surface area contributed by atoms with Crippen LogP contribution in [0, 0.1) is 0 Å². The van der Waals surface area contributed by atoms with Crippen molar-refractivity contribution in [2.75, 3.05) is 7.11 Å². The minimum atomic E-state index is -0.625. The van der Waals surface area contributed by atoms with Crippen LogP contribution in [0.4, 0.5) is 0 Å². The maximum absolute atomic E-state index is 11.9. The lowest BCUT2D eigenvalue weighted by Gasteiger charge is -2.02. The monoisotopic (exact) mass is 311 g/mol. The highest BCUT2D eigenvalue weighted by Crippen LogP contribution is 2.12. The van der Waals surface area contributed by atoms with Crippen LogP contribution in [0.2, 0.25) is 0 Å². The summed E-state index contributed by atoms with van der Waals surface area (Å²) < 4.78 is 6.57. The van der Waals surface area contributed by atoms with E-state index in [9.17, 15) is 4.79 Å². The van der Waals surface area contributed by atoms with Crippen LogP contribution in [0.15, 0.2) is 54.1 Å². The average molecular weight is 311 g/mol. The molecular weight excluding hydrogens is 298 g/mol. The molecule has 0 unspecified atom stereocenters. The largest absolute Gasteiger partial charge is 0.497 e. The quantitative estimate of drug-likeness (QED) is 0.336. The minimum Gasteiger partial charge on any atom is -0.497 e. The molecule has 2 N–H and O–H groups in total. The number of carbonyl (C=O) groups excluding carboxylic acids is 1. The first-order valence-electron chi connectivity index (χ1n) is 6.66. The third-order valence-electron chi connectivity index (χ3n) is 3.11. The van der Waals surface area contributed by atoms with Crippen molar-refractivity contribution in [2.45, 2.75) is 0 Å². The lowest BCUT2D eigenvalue weighted by Crippen LogP contribution is -2.15. The van der Waals surface area contributed by atoms with Gasteiger partial charge in [0.2, 0.25) is 0 Å². The van der Waals surface area contributed by atoms with Gasteiger partial charge in [0.15, 0.2) is 11.5 Å². The van der Waals surface area contributed by atoms with E-state index in [1.165, 1.54) is 6.20 Å². The zero-order valence-electron chi connectivity index (χ0n) is 12.2. The molecule has 2 aromatic heterocycles. The van der Waals surface area contributed by atoms with Gasteiger partial charge in [-0.2, -0.15) is 5.10 Å². The van der Waals surface area contributed by atoms with E-state index in [2.05, 4.69) is 15.2 Å². The molecule has 8 nitrogen and oxygen atoms in total. The van der Waals surface area contributed by atoms with E-state index >= 15 is 0 Å². The molecule has 8 heteroatoms. The van der Waals surface area contributed by atoms with E-state index in [0.717, 1.165) is 0 Å². The molecule has 0 fully saturated rings. The fourth-order valence-corrected chi connectivity index (χ4v) is 1.93. The fraction of sp³-hybridized carbons (Fsp3) is 0.0667. The third-order valence-corrected chi connectivity index (χ3v) is 3.11. The van der Waals surface area contributed by atoms with Crippen LogP contribution in [0.1, 0.15) is 15.9 Å². The molecule has 0 spiro atoms. The molecular formula is C15H13N5O3. The van der Waals surface area contributed by atoms with Gasteiger partial charge in [0, 0.05) is 12.4 Å². The van der Waals surface area contributed by atoms with Crippen molar-refractivity contribution in [3.05, 3.63) is 60.0 Å². The standard InChI is InChI=1S/C15H13N5O3/c1-22-11-5-3-10(4-6-11)15(21)23-19-13(16)12-9-18-20-8-2-7-17-14(12)20/h2-9H,1H3,(H2,16,19). The maximum Gasteiger partial charge on any atom is 0.365 e. The van der Waals surface area contributed by atoms with Crippen molar-refractivity contribution in [1.29, 1.82) is 0 Å². The summed E-state index contributed by atoms with van der Waals surface area (Å²) in [6.45, 7) is 0. The van der Waals surface area contributed by atoms with E-state index in [0.29, 0.717) is 22.5 Å². The van der Waals surface area contributed by atoms with E-state index < -0.39 is 5.97 Å². The lowest BCUT2D eigenvalue weighted by atomic mass is 10.2. The van der Waals surface area contributed by atoms with Gasteiger partial charge in [-0.3, -0.25) is 0 Å². The zero-order chi connectivity index (χ0) is 16.2. The molecule has 0 bridgehead atoms. The Morgan fingerprint density at radius 1 is 1.30 bits per heavy atom. The molecule has 0 atom stereocenters. The van der Waals surface area contributed by atoms with Gasteiger partial charge < -0.3 is 15.3 Å². The van der Waals surface area contributed by atoms with Crippen molar-refractivity contribution in [1.82, 2.24) is 14.6 Å². The summed E-state index contributed by atoms with van der Waals surface area (Å²) in [7, 11) is 1.54. The first-order chi connectivity index (χ1) is 11.2. The second-order valence-electron chi connectivity index (χ2n) is 4.53. The van der Waals surface area contributed by atoms with Crippen LogP contribution >= 0.6 is 0 Å². The van der Waals surface area contributed by atoms with Crippen LogP contribution in [0.25, 0.3) is 5.65 Å². The third kappa shape index (κ3) is 2.95. The molecule has 0 saturated heterocycles. The van der Waals surface area contributed by atoms with Gasteiger partial charge in [0.1, 0.15) is 5.75 Å². The number of methoxy groups -OCH3 is 1. The number of rotatable bonds is 4. The number of hydrogen-bond donors (Lipinski definition) is 1. The summed E-state index contributed by atoms with van der Waals surface area (Å²) in [6, 6.07) is 8.19. The Labute approximate surface area is 131 Å². The van der Waals surface area contributed by atoms with Gasteiger partial charge in [-0.15, -0.1) is 0 Å². The molecule has 3 rings (SSSR count). The molecule has 2 heterocycles. The molecule has 116 valence electrons. The highest BCUT2D eigenvalue weighted by Gasteiger charge is 2.11. The fourth-order valence-electron chi connectivity index (χ4n) is 1.93. The summed E-state index contributed by atoms with van der Waals surface area (Å²) in [6.07, 6.45) is 4.84. The highest BCUT2D eigenvalue weighted by molar-refractivity contribution is 6.02. The summed E-state index contributed by atoms with van der Waals surface area (Å²) in [5.41, 5.74) is 7.17. The number of aromatic nitrogens is 3. The zero-order valence-corrected chi connectivity index (χ0v) is 12.2. The summed E-state index contributed by atoms with van der Waals surface area (Å²) in [5, 5.41) is 7.74. The SMILES string of the molecule is COc1ccc(C(=O)O/N=C(\N)c2cnn3cccnc23)cc1. The van der Waals surface area contributed by atoms with E-state index in [1.807, 2.05) is 0 Å². The minimum absolute atomic E-state index is 0.0144. The van der Waals surface area contributed by atoms with Gasteiger partial charge >= 0.3 is 5.97 Å². The highest BCUT2D eigenvalue weighted by atomic mass is 16.7. The van der Waals surface area contributed by atoms with E-state index in [-0.39, 0.29) is 5.84 Å². The molecule has 0 aliphatic heterocycles. The number of hydrogen-bond acceptors (Lipinski definition) is 6. The number of fused-ring (bicyclic) bond motifs is 1. The molecule has 0 saturated carbocycles. The number of amidine groups is 1. The summed E-state index contributed by atoms with van der Waals surface area (Å²) in [4.78, 5) is 20.9. The lowest BCUT2D eigenvalue weighted by molar-refractivity contribution is 0.0516. The van der Waals surface area contributed by atoms with Crippen molar-refractivity contribution < 1.29 is 14.4 Å². The summed E-state index contributed by atoms with van der Waals surface area (Å²) in [5.74, 6) is 0.0302. The number of benzene rings is 1. The van der Waals surface area contributed by atoms with Crippen molar-refractivity contribution in [3.63, 3.8) is 0 Å². The Hall–Kier alpha value is -3.42. The molecule has 0 radical (unpaired) electrons. The van der Waals surface area contributed by atoms with Gasteiger partial charge in [-0.25, -0.2) is 14.3 Å². The van der Waals surface area contributed by atoms with Crippen molar-refractivity contribution in [2.24, 2.45) is 10.9 Å². The number of nitrogens with two attached hydrogens (primary N) is 1. The molecule has 23 heavy (non-hydrogen) atoms. The van der Waals surface area contributed by atoms with Crippen LogP contribution in [-0.2, 0) is 4.84 Å². The first kappa shape index (κ1) is 14.5. The molecule has 0 aliphatic carbocycles. The Bertz CT molecular complexity index is 870. The Morgan fingerprint density at radius 2 is 2.09 bits per heavy atom. The number of carbonyl (C=O) groups is 1. The van der Waals surface area contributed by atoms with Gasteiger partial charge in [0.25, 0.3) is 0 Å². The van der Waals surface area contributed by atoms with Gasteiger partial charge in [0.05, 0.1) is 24.4 Å². The number of nitrogens with zero attached hydrogens (tertiary/aromatic N) is 4.